The molecule has 36 heavy (non-hydrogen) atoms. The SMILES string of the molecule is CCCCn1c(NC(=O)C=Cc2cccc([N+](=O)[O-])c2)c(C(=O)OCC)c2nc3ccccc3nc21. The molecular weight excluding hydrogens is 462 g/mol. The van der Waals surface area contributed by atoms with Gasteiger partial charge in [-0.1, -0.05) is 37.6 Å². The van der Waals surface area contributed by atoms with Crippen molar-refractivity contribution in [2.75, 3.05) is 11.9 Å². The zero-order valence-corrected chi connectivity index (χ0v) is 19.9. The number of hydrogen-bond donors (Lipinski definition) is 1. The highest BCUT2D eigenvalue weighted by Gasteiger charge is 2.27. The Morgan fingerprint density at radius 1 is 1.11 bits per heavy atom. The van der Waals surface area contributed by atoms with Crippen molar-refractivity contribution in [3.8, 4) is 0 Å². The molecule has 0 unspecified atom stereocenters. The minimum Gasteiger partial charge on any atom is -0.462 e. The molecule has 0 saturated carbocycles. The lowest BCUT2D eigenvalue weighted by Gasteiger charge is -2.11. The van der Waals surface area contributed by atoms with Crippen LogP contribution in [0.15, 0.2) is 54.6 Å². The second-order valence-electron chi connectivity index (χ2n) is 8.01. The van der Waals surface area contributed by atoms with Crippen molar-refractivity contribution < 1.29 is 19.2 Å². The van der Waals surface area contributed by atoms with Gasteiger partial charge < -0.3 is 14.6 Å². The van der Waals surface area contributed by atoms with Crippen molar-refractivity contribution in [2.24, 2.45) is 0 Å². The second-order valence-corrected chi connectivity index (χ2v) is 8.01. The lowest BCUT2D eigenvalue weighted by atomic mass is 10.2. The normalized spacial score (nSPS) is 11.3. The third kappa shape index (κ3) is 5.07. The molecule has 0 fully saturated rings. The van der Waals surface area contributed by atoms with Crippen molar-refractivity contribution in [3.63, 3.8) is 0 Å². The molecule has 10 heteroatoms. The summed E-state index contributed by atoms with van der Waals surface area (Å²) >= 11 is 0. The number of aryl methyl sites for hydroxylation is 1. The van der Waals surface area contributed by atoms with Crippen molar-refractivity contribution >= 4 is 51.7 Å². The molecule has 2 aromatic carbocycles. The van der Waals surface area contributed by atoms with Crippen LogP contribution in [0, 0.1) is 10.1 Å². The summed E-state index contributed by atoms with van der Waals surface area (Å²) in [7, 11) is 0. The van der Waals surface area contributed by atoms with Gasteiger partial charge in [-0.3, -0.25) is 14.9 Å². The number of ether oxygens (including phenoxy) is 1. The van der Waals surface area contributed by atoms with E-state index in [4.69, 9.17) is 9.72 Å². The van der Waals surface area contributed by atoms with E-state index in [2.05, 4.69) is 10.3 Å². The minimum absolute atomic E-state index is 0.0777. The van der Waals surface area contributed by atoms with E-state index in [1.807, 2.05) is 25.1 Å². The average Bonchev–Trinajstić information content (AvgIpc) is 3.16. The number of para-hydroxylation sites is 2. The fraction of sp³-hybridized carbons (Fsp3) is 0.231. The summed E-state index contributed by atoms with van der Waals surface area (Å²) in [6.45, 7) is 4.40. The fourth-order valence-corrected chi connectivity index (χ4v) is 3.83. The largest absolute Gasteiger partial charge is 0.462 e. The number of hydrogen-bond acceptors (Lipinski definition) is 7. The molecule has 10 nitrogen and oxygen atoms in total. The van der Waals surface area contributed by atoms with E-state index < -0.39 is 16.8 Å². The van der Waals surface area contributed by atoms with Crippen molar-refractivity contribution in [2.45, 2.75) is 33.2 Å². The van der Waals surface area contributed by atoms with Crippen LogP contribution in [-0.4, -0.2) is 37.9 Å². The molecule has 1 N–H and O–H groups in total. The molecule has 0 atom stereocenters. The van der Waals surface area contributed by atoms with Gasteiger partial charge in [0.15, 0.2) is 5.65 Å². The Labute approximate surface area is 206 Å². The number of carbonyl (C=O) groups is 2. The molecule has 1 amide bonds. The van der Waals surface area contributed by atoms with Crippen molar-refractivity contribution in [1.82, 2.24) is 14.5 Å². The quantitative estimate of drug-likeness (QED) is 0.150. The maximum atomic E-state index is 13.0. The van der Waals surface area contributed by atoms with Gasteiger partial charge in [0.05, 0.1) is 22.6 Å². The Balaban J connectivity index is 1.80. The first kappa shape index (κ1) is 24.5. The molecule has 4 rings (SSSR count). The Morgan fingerprint density at radius 3 is 2.56 bits per heavy atom. The Morgan fingerprint density at radius 2 is 1.86 bits per heavy atom. The molecule has 0 spiro atoms. The zero-order valence-electron chi connectivity index (χ0n) is 19.9. The monoisotopic (exact) mass is 487 g/mol. The lowest BCUT2D eigenvalue weighted by molar-refractivity contribution is -0.384. The number of amides is 1. The van der Waals surface area contributed by atoms with Gasteiger partial charge in [0, 0.05) is 24.8 Å². The number of nitro benzene ring substituents is 1. The highest BCUT2D eigenvalue weighted by molar-refractivity contribution is 6.13. The van der Waals surface area contributed by atoms with Crippen LogP contribution in [0.2, 0.25) is 0 Å². The molecule has 2 aromatic heterocycles. The number of aromatic nitrogens is 3. The summed E-state index contributed by atoms with van der Waals surface area (Å²) in [5.74, 6) is -0.877. The molecule has 184 valence electrons. The van der Waals surface area contributed by atoms with E-state index in [1.54, 1.807) is 29.7 Å². The lowest BCUT2D eigenvalue weighted by Crippen LogP contribution is -2.16. The third-order valence-corrected chi connectivity index (χ3v) is 5.52. The number of nitrogens with one attached hydrogen (secondary N) is 1. The van der Waals surface area contributed by atoms with Crippen LogP contribution in [-0.2, 0) is 16.1 Å². The molecule has 0 aliphatic heterocycles. The number of esters is 1. The van der Waals surface area contributed by atoms with E-state index in [9.17, 15) is 19.7 Å². The molecule has 0 aliphatic rings. The van der Waals surface area contributed by atoms with Crippen molar-refractivity contribution in [3.05, 3.63) is 75.8 Å². The maximum Gasteiger partial charge on any atom is 0.344 e. The van der Waals surface area contributed by atoms with Gasteiger partial charge in [0.25, 0.3) is 5.69 Å². The zero-order chi connectivity index (χ0) is 25.7. The number of rotatable bonds is 9. The van der Waals surface area contributed by atoms with Gasteiger partial charge in [-0.15, -0.1) is 0 Å². The molecule has 0 saturated heterocycles. The first-order chi connectivity index (χ1) is 17.4. The van der Waals surface area contributed by atoms with Gasteiger partial charge in [0.2, 0.25) is 5.91 Å². The van der Waals surface area contributed by atoms with E-state index >= 15 is 0 Å². The smallest absolute Gasteiger partial charge is 0.344 e. The Hall–Kier alpha value is -4.60. The first-order valence-corrected chi connectivity index (χ1v) is 11.6. The number of anilines is 1. The van der Waals surface area contributed by atoms with Crippen LogP contribution < -0.4 is 5.32 Å². The summed E-state index contributed by atoms with van der Waals surface area (Å²) in [6, 6.07) is 13.3. The first-order valence-electron chi connectivity index (χ1n) is 11.6. The molecule has 0 aliphatic carbocycles. The van der Waals surface area contributed by atoms with Crippen LogP contribution >= 0.6 is 0 Å². The second kappa shape index (κ2) is 10.8. The summed E-state index contributed by atoms with van der Waals surface area (Å²) in [5.41, 5.74) is 2.66. The standard InChI is InChI=1S/C26H25N5O5/c1-3-5-15-30-24(29-21(32)14-13-17-9-8-10-18(16-17)31(34)35)22(26(33)36-4-2)23-25(30)28-20-12-7-6-11-19(20)27-23/h6-14,16H,3-5,15H2,1-2H3,(H,29,32). The van der Waals surface area contributed by atoms with Gasteiger partial charge in [-0.2, -0.15) is 0 Å². The number of non-ortho nitro benzene ring substituents is 1. The number of benzene rings is 2. The topological polar surface area (TPSA) is 129 Å². The van der Waals surface area contributed by atoms with E-state index in [-0.39, 0.29) is 23.7 Å². The third-order valence-electron chi connectivity index (χ3n) is 5.52. The van der Waals surface area contributed by atoms with Gasteiger partial charge in [0.1, 0.15) is 16.9 Å². The molecule has 0 bridgehead atoms. The number of nitro groups is 1. The fourth-order valence-electron chi connectivity index (χ4n) is 3.83. The molecule has 0 radical (unpaired) electrons. The predicted octanol–water partition coefficient (Wildman–Crippen LogP) is 5.12. The van der Waals surface area contributed by atoms with Gasteiger partial charge in [-0.05, 0) is 37.1 Å². The summed E-state index contributed by atoms with van der Waals surface area (Å²) in [4.78, 5) is 45.9. The van der Waals surface area contributed by atoms with Crippen molar-refractivity contribution in [1.29, 1.82) is 0 Å². The van der Waals surface area contributed by atoms with Gasteiger partial charge in [-0.25, -0.2) is 14.8 Å². The Bertz CT molecular complexity index is 1490. The average molecular weight is 488 g/mol. The van der Waals surface area contributed by atoms with Crippen LogP contribution in [0.1, 0.15) is 42.6 Å². The predicted molar refractivity (Wildman–Crippen MR) is 137 cm³/mol. The van der Waals surface area contributed by atoms with Crippen LogP contribution in [0.5, 0.6) is 0 Å². The van der Waals surface area contributed by atoms with Crippen LogP contribution in [0.4, 0.5) is 11.5 Å². The summed E-state index contributed by atoms with van der Waals surface area (Å²) < 4.78 is 7.08. The van der Waals surface area contributed by atoms with E-state index in [0.717, 1.165) is 12.8 Å². The maximum absolute atomic E-state index is 13.0. The molecule has 2 heterocycles. The Kier molecular flexibility index (Phi) is 7.33. The van der Waals surface area contributed by atoms with Gasteiger partial charge >= 0.3 is 5.97 Å². The number of nitrogens with zero attached hydrogens (tertiary/aromatic N) is 4. The van der Waals surface area contributed by atoms with Crippen LogP contribution in [0.25, 0.3) is 28.3 Å². The number of fused-ring (bicyclic) bond motifs is 2. The summed E-state index contributed by atoms with van der Waals surface area (Å²) in [6.07, 6.45) is 4.39. The molecule has 4 aromatic rings. The number of carbonyl (C=O) groups excluding carboxylic acids is 2. The summed E-state index contributed by atoms with van der Waals surface area (Å²) in [5, 5.41) is 13.8. The van der Waals surface area contributed by atoms with Crippen LogP contribution in [0.3, 0.4) is 0 Å². The van der Waals surface area contributed by atoms with E-state index in [1.165, 1.54) is 24.3 Å². The number of unbranched alkanes of at least 4 members (excludes halogenated alkanes) is 1. The van der Waals surface area contributed by atoms with E-state index in [0.29, 0.717) is 34.3 Å². The molecular formula is C26H25N5O5. The highest BCUT2D eigenvalue weighted by Crippen LogP contribution is 2.31. The minimum atomic E-state index is -0.611. The highest BCUT2D eigenvalue weighted by atomic mass is 16.6.